The average molecular weight is 298 g/mol. The molecule has 5 heteroatoms. The molecule has 1 aliphatic carbocycles. The molecule has 2 aliphatic rings. The van der Waals surface area contributed by atoms with Crippen molar-refractivity contribution in [2.45, 2.75) is 25.8 Å². The van der Waals surface area contributed by atoms with Gasteiger partial charge in [0.1, 0.15) is 5.82 Å². The summed E-state index contributed by atoms with van der Waals surface area (Å²) in [4.78, 5) is 13.7. The summed E-state index contributed by atoms with van der Waals surface area (Å²) >= 11 is 5.74. The van der Waals surface area contributed by atoms with E-state index in [2.05, 4.69) is 4.90 Å². The van der Waals surface area contributed by atoms with E-state index in [0.717, 1.165) is 25.8 Å². The van der Waals surface area contributed by atoms with E-state index in [9.17, 15) is 14.3 Å². The molecule has 1 aliphatic heterocycles. The number of hydrogen-bond donors (Lipinski definition) is 1. The number of aliphatic carboxylic acids is 1. The van der Waals surface area contributed by atoms with Crippen molar-refractivity contribution in [3.63, 3.8) is 0 Å². The van der Waals surface area contributed by atoms with Crippen LogP contribution in [0.3, 0.4) is 0 Å². The first kappa shape index (κ1) is 13.8. The Balaban J connectivity index is 1.76. The monoisotopic (exact) mass is 297 g/mol. The van der Waals surface area contributed by atoms with Gasteiger partial charge < -0.3 is 5.11 Å². The van der Waals surface area contributed by atoms with Crippen molar-refractivity contribution >= 4 is 17.6 Å². The van der Waals surface area contributed by atoms with Crippen LogP contribution in [0.5, 0.6) is 0 Å². The standard InChI is InChI=1S/C15H17ClFNO2/c16-12-4-3-10(13(17)6-12)7-18-8-11-2-1-5-15(11,9-18)14(19)20/h3-4,6,11H,1-2,5,7-9H2,(H,19,20)/t11-,15+/m0/s1. The minimum Gasteiger partial charge on any atom is -0.481 e. The lowest BCUT2D eigenvalue weighted by atomic mass is 9.81. The van der Waals surface area contributed by atoms with Gasteiger partial charge in [-0.3, -0.25) is 9.69 Å². The number of nitrogens with zero attached hydrogens (tertiary/aromatic N) is 1. The summed E-state index contributed by atoms with van der Waals surface area (Å²) in [5.74, 6) is -0.812. The van der Waals surface area contributed by atoms with Crippen molar-refractivity contribution in [1.29, 1.82) is 0 Å². The zero-order chi connectivity index (χ0) is 14.3. The van der Waals surface area contributed by atoms with Gasteiger partial charge in [0.15, 0.2) is 0 Å². The molecule has 1 heterocycles. The van der Waals surface area contributed by atoms with Crippen LogP contribution in [0, 0.1) is 17.2 Å². The molecule has 1 aromatic rings. The molecule has 1 saturated carbocycles. The van der Waals surface area contributed by atoms with Crippen LogP contribution < -0.4 is 0 Å². The molecule has 3 nitrogen and oxygen atoms in total. The van der Waals surface area contributed by atoms with E-state index in [4.69, 9.17) is 11.6 Å². The van der Waals surface area contributed by atoms with Crippen molar-refractivity contribution < 1.29 is 14.3 Å². The molecule has 2 atom stereocenters. The fraction of sp³-hybridized carbons (Fsp3) is 0.533. The number of carboxylic acids is 1. The summed E-state index contributed by atoms with van der Waals surface area (Å²) in [6.07, 6.45) is 2.69. The third-order valence-corrected chi connectivity index (χ3v) is 5.01. The smallest absolute Gasteiger partial charge is 0.311 e. The highest BCUT2D eigenvalue weighted by Gasteiger charge is 2.54. The van der Waals surface area contributed by atoms with E-state index in [1.165, 1.54) is 6.07 Å². The van der Waals surface area contributed by atoms with Crippen LogP contribution in [0.15, 0.2) is 18.2 Å². The quantitative estimate of drug-likeness (QED) is 0.931. The molecule has 108 valence electrons. The summed E-state index contributed by atoms with van der Waals surface area (Å²) in [7, 11) is 0. The van der Waals surface area contributed by atoms with Crippen LogP contribution in [0.4, 0.5) is 4.39 Å². The Morgan fingerprint density at radius 3 is 3.00 bits per heavy atom. The average Bonchev–Trinajstić information content (AvgIpc) is 2.90. The van der Waals surface area contributed by atoms with Crippen LogP contribution in [-0.4, -0.2) is 29.1 Å². The second-order valence-corrected chi connectivity index (χ2v) is 6.39. The number of carboxylic acid groups (broad SMARTS) is 1. The second-order valence-electron chi connectivity index (χ2n) is 5.96. The number of likely N-dealkylation sites (tertiary alicyclic amines) is 1. The maximum absolute atomic E-state index is 13.8. The van der Waals surface area contributed by atoms with Crippen molar-refractivity contribution in [2.75, 3.05) is 13.1 Å². The highest BCUT2D eigenvalue weighted by Crippen LogP contribution is 2.49. The lowest BCUT2D eigenvalue weighted by Gasteiger charge is -2.23. The molecule has 2 fully saturated rings. The molecule has 0 unspecified atom stereocenters. The largest absolute Gasteiger partial charge is 0.481 e. The third kappa shape index (κ3) is 2.21. The van der Waals surface area contributed by atoms with Crippen LogP contribution in [0.25, 0.3) is 0 Å². The van der Waals surface area contributed by atoms with E-state index in [-0.39, 0.29) is 11.7 Å². The molecular weight excluding hydrogens is 281 g/mol. The van der Waals surface area contributed by atoms with Gasteiger partial charge in [0, 0.05) is 30.2 Å². The van der Waals surface area contributed by atoms with Crippen molar-refractivity contribution in [3.05, 3.63) is 34.6 Å². The fourth-order valence-corrected chi connectivity index (χ4v) is 3.91. The van der Waals surface area contributed by atoms with Crippen molar-refractivity contribution in [2.24, 2.45) is 11.3 Å². The zero-order valence-corrected chi connectivity index (χ0v) is 11.9. The van der Waals surface area contributed by atoms with Crippen LogP contribution in [0.1, 0.15) is 24.8 Å². The Kier molecular flexibility index (Phi) is 3.46. The molecule has 0 aromatic heterocycles. The van der Waals surface area contributed by atoms with Gasteiger partial charge >= 0.3 is 5.97 Å². The number of hydrogen-bond acceptors (Lipinski definition) is 2. The predicted molar refractivity (Wildman–Crippen MR) is 74.1 cm³/mol. The Bertz CT molecular complexity index is 551. The molecule has 0 spiro atoms. The molecule has 0 bridgehead atoms. The van der Waals surface area contributed by atoms with E-state index in [0.29, 0.717) is 23.7 Å². The molecule has 3 rings (SSSR count). The minimum atomic E-state index is -0.695. The summed E-state index contributed by atoms with van der Waals surface area (Å²) < 4.78 is 13.8. The van der Waals surface area contributed by atoms with Gasteiger partial charge in [-0.1, -0.05) is 24.1 Å². The van der Waals surface area contributed by atoms with Crippen LogP contribution in [-0.2, 0) is 11.3 Å². The van der Waals surface area contributed by atoms with Gasteiger partial charge in [-0.15, -0.1) is 0 Å². The summed E-state index contributed by atoms with van der Waals surface area (Å²) in [5.41, 5.74) is -0.0296. The van der Waals surface area contributed by atoms with Gasteiger partial charge in [-0.05, 0) is 30.9 Å². The van der Waals surface area contributed by atoms with E-state index < -0.39 is 11.4 Å². The van der Waals surface area contributed by atoms with Gasteiger partial charge in [-0.25, -0.2) is 4.39 Å². The van der Waals surface area contributed by atoms with E-state index in [1.54, 1.807) is 12.1 Å². The van der Waals surface area contributed by atoms with Crippen LogP contribution in [0.2, 0.25) is 5.02 Å². The van der Waals surface area contributed by atoms with Crippen LogP contribution >= 0.6 is 11.6 Å². The van der Waals surface area contributed by atoms with Crippen molar-refractivity contribution in [3.8, 4) is 0 Å². The van der Waals surface area contributed by atoms with Crippen molar-refractivity contribution in [1.82, 2.24) is 4.90 Å². The maximum atomic E-state index is 13.8. The fourth-order valence-electron chi connectivity index (χ4n) is 3.75. The molecule has 1 saturated heterocycles. The lowest BCUT2D eigenvalue weighted by Crippen LogP contribution is -2.35. The Labute approximate surface area is 122 Å². The Hall–Kier alpha value is -1.13. The molecule has 0 amide bonds. The maximum Gasteiger partial charge on any atom is 0.311 e. The SMILES string of the molecule is O=C(O)[C@@]12CCC[C@H]1CN(Cc1ccc(Cl)cc1F)C2. The van der Waals surface area contributed by atoms with Gasteiger partial charge in [0.25, 0.3) is 0 Å². The van der Waals surface area contributed by atoms with E-state index >= 15 is 0 Å². The Morgan fingerprint density at radius 1 is 1.55 bits per heavy atom. The number of rotatable bonds is 3. The highest BCUT2D eigenvalue weighted by atomic mass is 35.5. The zero-order valence-electron chi connectivity index (χ0n) is 11.1. The molecule has 0 radical (unpaired) electrons. The minimum absolute atomic E-state index is 0.204. The van der Waals surface area contributed by atoms with Gasteiger partial charge in [0.2, 0.25) is 0 Å². The highest BCUT2D eigenvalue weighted by molar-refractivity contribution is 6.30. The molecule has 1 aromatic carbocycles. The normalized spacial score (nSPS) is 29.6. The lowest BCUT2D eigenvalue weighted by molar-refractivity contribution is -0.149. The topological polar surface area (TPSA) is 40.5 Å². The molecular formula is C15H17ClFNO2. The predicted octanol–water partition coefficient (Wildman–Crippen LogP) is 3.17. The second kappa shape index (κ2) is 5.01. The molecule has 1 N–H and O–H groups in total. The van der Waals surface area contributed by atoms with E-state index in [1.807, 2.05) is 0 Å². The third-order valence-electron chi connectivity index (χ3n) is 4.78. The first-order chi connectivity index (χ1) is 9.51. The Morgan fingerprint density at radius 2 is 2.35 bits per heavy atom. The first-order valence-electron chi connectivity index (χ1n) is 6.91. The van der Waals surface area contributed by atoms with Gasteiger partial charge in [0.05, 0.1) is 5.41 Å². The number of fused-ring (bicyclic) bond motifs is 1. The van der Waals surface area contributed by atoms with Gasteiger partial charge in [-0.2, -0.15) is 0 Å². The first-order valence-corrected chi connectivity index (χ1v) is 7.29. The number of halogens is 2. The summed E-state index contributed by atoms with van der Waals surface area (Å²) in [5, 5.41) is 9.91. The number of benzene rings is 1. The summed E-state index contributed by atoms with van der Waals surface area (Å²) in [6.45, 7) is 1.72. The molecule has 20 heavy (non-hydrogen) atoms. The number of carbonyl (C=O) groups is 1. The summed E-state index contributed by atoms with van der Waals surface area (Å²) in [6, 6.07) is 4.66.